The largest absolute Gasteiger partial charge is 0.263 e. The summed E-state index contributed by atoms with van der Waals surface area (Å²) in [6.45, 7) is 0. The van der Waals surface area contributed by atoms with Crippen molar-refractivity contribution in [2.75, 3.05) is 11.8 Å². The van der Waals surface area contributed by atoms with Gasteiger partial charge in [-0.1, -0.05) is 28.1 Å². The highest BCUT2D eigenvalue weighted by Gasteiger charge is 2.31. The fourth-order valence-electron chi connectivity index (χ4n) is 2.13. The first-order valence-electron chi connectivity index (χ1n) is 6.07. The summed E-state index contributed by atoms with van der Waals surface area (Å²) in [4.78, 5) is 4.20. The predicted molar refractivity (Wildman–Crippen MR) is 92.9 cm³/mol. The van der Waals surface area contributed by atoms with E-state index in [9.17, 15) is 0 Å². The van der Waals surface area contributed by atoms with Gasteiger partial charge in [-0.15, -0.1) is 23.2 Å². The molecule has 0 spiro atoms. The molecular formula is C15H13Br2Cl2N. The maximum atomic E-state index is 6.26. The third-order valence-electron chi connectivity index (χ3n) is 3.27. The van der Waals surface area contributed by atoms with Crippen LogP contribution in [0.5, 0.6) is 0 Å². The van der Waals surface area contributed by atoms with Gasteiger partial charge in [-0.05, 0) is 51.7 Å². The van der Waals surface area contributed by atoms with E-state index in [1.54, 1.807) is 6.20 Å². The van der Waals surface area contributed by atoms with Gasteiger partial charge in [0.1, 0.15) is 0 Å². The summed E-state index contributed by atoms with van der Waals surface area (Å²) in [6.07, 6.45) is 4.39. The van der Waals surface area contributed by atoms with Gasteiger partial charge in [0.2, 0.25) is 0 Å². The molecule has 0 N–H and O–H groups in total. The average Bonchev–Trinajstić information content (AvgIpc) is 2.46. The molecule has 1 nitrogen and oxygen atoms in total. The summed E-state index contributed by atoms with van der Waals surface area (Å²) in [7, 11) is 0. The first-order valence-corrected chi connectivity index (χ1v) is 8.72. The molecule has 1 aromatic carbocycles. The number of nitrogens with zero attached hydrogens (tertiary/aromatic N) is 1. The number of rotatable bonds is 5. The normalized spacial score (nSPS) is 11.6. The van der Waals surface area contributed by atoms with E-state index in [0.717, 1.165) is 26.5 Å². The minimum absolute atomic E-state index is 0.285. The lowest BCUT2D eigenvalue weighted by molar-refractivity contribution is 0.535. The van der Waals surface area contributed by atoms with Gasteiger partial charge in [0.25, 0.3) is 0 Å². The van der Waals surface area contributed by atoms with Crippen LogP contribution in [0.2, 0.25) is 0 Å². The van der Waals surface area contributed by atoms with Gasteiger partial charge in [0.15, 0.2) is 0 Å². The van der Waals surface area contributed by atoms with Crippen LogP contribution in [-0.4, -0.2) is 16.7 Å². The molecule has 1 heterocycles. The van der Waals surface area contributed by atoms with Crippen molar-refractivity contribution in [3.8, 4) is 0 Å². The average molecular weight is 438 g/mol. The van der Waals surface area contributed by atoms with Crippen molar-refractivity contribution in [2.45, 2.75) is 11.8 Å². The van der Waals surface area contributed by atoms with Crippen molar-refractivity contribution in [3.05, 3.63) is 62.8 Å². The third-order valence-corrected chi connectivity index (χ3v) is 5.26. The van der Waals surface area contributed by atoms with E-state index in [1.165, 1.54) is 0 Å². The quantitative estimate of drug-likeness (QED) is 0.557. The molecule has 1 aromatic heterocycles. The van der Waals surface area contributed by atoms with Gasteiger partial charge in [0, 0.05) is 38.5 Å². The fraction of sp³-hybridized carbons (Fsp3) is 0.267. The second-order valence-electron chi connectivity index (χ2n) is 4.74. The molecule has 0 aliphatic heterocycles. The molecule has 5 heteroatoms. The Kier molecular flexibility index (Phi) is 5.91. The maximum absolute atomic E-state index is 6.26. The lowest BCUT2D eigenvalue weighted by Gasteiger charge is -2.30. The Morgan fingerprint density at radius 1 is 0.950 bits per heavy atom. The van der Waals surface area contributed by atoms with Crippen molar-refractivity contribution in [2.24, 2.45) is 0 Å². The van der Waals surface area contributed by atoms with Gasteiger partial charge in [-0.25, -0.2) is 0 Å². The Labute approximate surface area is 146 Å². The number of hydrogen-bond acceptors (Lipinski definition) is 1. The van der Waals surface area contributed by atoms with Crippen LogP contribution in [0.1, 0.15) is 11.1 Å². The van der Waals surface area contributed by atoms with E-state index in [0.29, 0.717) is 11.8 Å². The van der Waals surface area contributed by atoms with Crippen LogP contribution < -0.4 is 0 Å². The predicted octanol–water partition coefficient (Wildman–Crippen LogP) is 5.56. The first kappa shape index (κ1) is 16.3. The van der Waals surface area contributed by atoms with Crippen molar-refractivity contribution >= 4 is 55.1 Å². The molecule has 0 radical (unpaired) electrons. The molecule has 0 fully saturated rings. The van der Waals surface area contributed by atoms with Gasteiger partial charge in [-0.2, -0.15) is 0 Å². The van der Waals surface area contributed by atoms with Crippen LogP contribution in [0.3, 0.4) is 0 Å². The Hall–Kier alpha value is -0.0900. The minimum Gasteiger partial charge on any atom is -0.263 e. The fourth-order valence-corrected chi connectivity index (χ4v) is 3.59. The van der Waals surface area contributed by atoms with Crippen molar-refractivity contribution in [1.82, 2.24) is 4.98 Å². The maximum Gasteiger partial charge on any atom is 0.0410 e. The SMILES string of the molecule is ClCC(CCl)(Cc1cncc(Br)c1)c1ccc(Br)cc1. The van der Waals surface area contributed by atoms with E-state index in [-0.39, 0.29) is 5.41 Å². The van der Waals surface area contributed by atoms with Crippen molar-refractivity contribution < 1.29 is 0 Å². The van der Waals surface area contributed by atoms with Gasteiger partial charge in [0.05, 0.1) is 0 Å². The van der Waals surface area contributed by atoms with Crippen LogP contribution in [0.15, 0.2) is 51.7 Å². The number of aromatic nitrogens is 1. The Morgan fingerprint density at radius 3 is 2.15 bits per heavy atom. The van der Waals surface area contributed by atoms with E-state index in [4.69, 9.17) is 23.2 Å². The molecule has 0 saturated carbocycles. The molecule has 0 bridgehead atoms. The number of halogens is 4. The Morgan fingerprint density at radius 2 is 1.60 bits per heavy atom. The number of hydrogen-bond donors (Lipinski definition) is 0. The Balaban J connectivity index is 2.36. The molecule has 0 saturated heterocycles. The summed E-state index contributed by atoms with van der Waals surface area (Å²) < 4.78 is 2.01. The molecule has 0 atom stereocenters. The molecule has 0 aliphatic carbocycles. The Bertz CT molecular complexity index is 568. The van der Waals surface area contributed by atoms with Gasteiger partial charge >= 0.3 is 0 Å². The second-order valence-corrected chi connectivity index (χ2v) is 7.11. The molecule has 106 valence electrons. The molecule has 0 unspecified atom stereocenters. The molecule has 0 amide bonds. The standard InChI is InChI=1S/C15H13Br2Cl2N/c16-13-3-1-12(2-4-13)15(9-18,10-19)6-11-5-14(17)8-20-7-11/h1-5,7-8H,6,9-10H2. The minimum atomic E-state index is -0.285. The second kappa shape index (κ2) is 7.26. The van der Waals surface area contributed by atoms with E-state index < -0.39 is 0 Å². The van der Waals surface area contributed by atoms with Crippen LogP contribution >= 0.6 is 55.1 Å². The molecular weight excluding hydrogens is 425 g/mol. The van der Waals surface area contributed by atoms with Crippen LogP contribution in [-0.2, 0) is 11.8 Å². The van der Waals surface area contributed by atoms with E-state index >= 15 is 0 Å². The van der Waals surface area contributed by atoms with E-state index in [1.807, 2.05) is 18.3 Å². The summed E-state index contributed by atoms with van der Waals surface area (Å²) >= 11 is 19.4. The number of alkyl halides is 2. The number of pyridine rings is 1. The van der Waals surface area contributed by atoms with Crippen LogP contribution in [0.25, 0.3) is 0 Å². The summed E-state index contributed by atoms with van der Waals surface area (Å²) in [6, 6.07) is 10.2. The van der Waals surface area contributed by atoms with Gasteiger partial charge in [-0.3, -0.25) is 4.98 Å². The third kappa shape index (κ3) is 3.76. The summed E-state index contributed by atoms with van der Waals surface area (Å²) in [5, 5.41) is 0. The molecule has 0 aliphatic rings. The van der Waals surface area contributed by atoms with Crippen molar-refractivity contribution in [3.63, 3.8) is 0 Å². The molecule has 2 aromatic rings. The highest BCUT2D eigenvalue weighted by atomic mass is 79.9. The van der Waals surface area contributed by atoms with Crippen LogP contribution in [0, 0.1) is 0 Å². The lowest BCUT2D eigenvalue weighted by Crippen LogP contribution is -2.33. The summed E-state index contributed by atoms with van der Waals surface area (Å²) in [5.41, 5.74) is 1.97. The highest BCUT2D eigenvalue weighted by molar-refractivity contribution is 9.10. The molecule has 2 rings (SSSR count). The zero-order valence-corrected chi connectivity index (χ0v) is 15.3. The topological polar surface area (TPSA) is 12.9 Å². The monoisotopic (exact) mass is 435 g/mol. The van der Waals surface area contributed by atoms with Crippen molar-refractivity contribution in [1.29, 1.82) is 0 Å². The van der Waals surface area contributed by atoms with Crippen LogP contribution in [0.4, 0.5) is 0 Å². The van der Waals surface area contributed by atoms with Gasteiger partial charge < -0.3 is 0 Å². The number of benzene rings is 1. The zero-order chi connectivity index (χ0) is 14.6. The summed E-state index contributed by atoms with van der Waals surface area (Å²) in [5.74, 6) is 0.926. The lowest BCUT2D eigenvalue weighted by atomic mass is 9.79. The first-order chi connectivity index (χ1) is 9.59. The van der Waals surface area contributed by atoms with E-state index in [2.05, 4.69) is 55.0 Å². The molecule has 20 heavy (non-hydrogen) atoms. The highest BCUT2D eigenvalue weighted by Crippen LogP contribution is 2.32. The zero-order valence-electron chi connectivity index (χ0n) is 10.6. The smallest absolute Gasteiger partial charge is 0.0410 e.